The number of nitrogens with two attached hydrogens (primary N) is 1. The van der Waals surface area contributed by atoms with E-state index in [9.17, 15) is 14.0 Å². The Bertz CT molecular complexity index is 970. The van der Waals surface area contributed by atoms with Crippen molar-refractivity contribution in [2.45, 2.75) is 0 Å². The number of carbonyl (C=O) groups excluding carboxylic acids is 2. The number of hydrogen-bond acceptors (Lipinski definition) is 4. The van der Waals surface area contributed by atoms with Gasteiger partial charge in [-0.15, -0.1) is 0 Å². The maximum atomic E-state index is 13.1. The Balaban J connectivity index is 2.00. The highest BCUT2D eigenvalue weighted by molar-refractivity contribution is 6.30. The van der Waals surface area contributed by atoms with Crippen molar-refractivity contribution in [3.63, 3.8) is 0 Å². The highest BCUT2D eigenvalue weighted by Gasteiger charge is 2.37. The van der Waals surface area contributed by atoms with Gasteiger partial charge in [-0.05, 0) is 17.7 Å². The molecule has 2 aromatic carbocycles. The minimum absolute atomic E-state index is 0.0314. The highest BCUT2D eigenvalue weighted by atomic mass is 19.1. The van der Waals surface area contributed by atoms with Gasteiger partial charge in [-0.25, -0.2) is 4.39 Å². The Hall–Kier alpha value is -3.21. The van der Waals surface area contributed by atoms with Crippen LogP contribution in [0.25, 0.3) is 11.1 Å². The van der Waals surface area contributed by atoms with E-state index in [0.717, 1.165) is 0 Å². The van der Waals surface area contributed by atoms with E-state index in [2.05, 4.69) is 0 Å². The van der Waals surface area contributed by atoms with Gasteiger partial charge in [-0.3, -0.25) is 9.59 Å². The number of hydrogen-bond donors (Lipinski definition) is 1. The number of anilines is 1. The summed E-state index contributed by atoms with van der Waals surface area (Å²) in [6.45, 7) is 0. The van der Waals surface area contributed by atoms with Gasteiger partial charge in [-0.2, -0.15) is 0 Å². The highest BCUT2D eigenvalue weighted by Crippen LogP contribution is 2.40. The topological polar surface area (TPSA) is 73.3 Å². The van der Waals surface area contributed by atoms with E-state index in [4.69, 9.17) is 10.2 Å². The van der Waals surface area contributed by atoms with Crippen LogP contribution >= 0.6 is 0 Å². The van der Waals surface area contributed by atoms with Gasteiger partial charge in [0.15, 0.2) is 17.4 Å². The van der Waals surface area contributed by atoms with E-state index in [1.807, 2.05) is 0 Å². The van der Waals surface area contributed by atoms with E-state index in [-0.39, 0.29) is 28.8 Å². The molecule has 23 heavy (non-hydrogen) atoms. The van der Waals surface area contributed by atoms with Crippen LogP contribution < -0.4 is 5.73 Å². The third-order valence-electron chi connectivity index (χ3n) is 3.92. The number of furan rings is 1. The van der Waals surface area contributed by atoms with Gasteiger partial charge < -0.3 is 10.2 Å². The third kappa shape index (κ3) is 1.83. The van der Waals surface area contributed by atoms with Crippen molar-refractivity contribution in [2.24, 2.45) is 0 Å². The van der Waals surface area contributed by atoms with Gasteiger partial charge in [0, 0.05) is 11.1 Å². The average Bonchev–Trinajstić information content (AvgIpc) is 2.91. The molecule has 2 N–H and O–H groups in total. The van der Waals surface area contributed by atoms with Crippen LogP contribution in [0.3, 0.4) is 0 Å². The van der Waals surface area contributed by atoms with Crippen LogP contribution in [0.4, 0.5) is 10.3 Å². The van der Waals surface area contributed by atoms with Gasteiger partial charge >= 0.3 is 0 Å². The summed E-state index contributed by atoms with van der Waals surface area (Å²) in [5, 5.41) is 0. The van der Waals surface area contributed by atoms with E-state index in [1.54, 1.807) is 24.3 Å². The van der Waals surface area contributed by atoms with Crippen molar-refractivity contribution < 1.29 is 18.4 Å². The Labute approximate surface area is 130 Å². The summed E-state index contributed by atoms with van der Waals surface area (Å²) in [6, 6.07) is 12.1. The summed E-state index contributed by atoms with van der Waals surface area (Å²) in [4.78, 5) is 25.3. The van der Waals surface area contributed by atoms with Gasteiger partial charge in [0.05, 0.1) is 11.1 Å². The Morgan fingerprint density at radius 1 is 0.826 bits per heavy atom. The maximum Gasteiger partial charge on any atom is 0.229 e. The normalized spacial score (nSPS) is 12.9. The molecule has 0 unspecified atom stereocenters. The largest absolute Gasteiger partial charge is 0.436 e. The second-order valence-corrected chi connectivity index (χ2v) is 5.26. The first-order valence-electron chi connectivity index (χ1n) is 6.94. The molecule has 0 amide bonds. The molecule has 1 aromatic heterocycles. The SMILES string of the molecule is Nc1oc2c(c1-c1ccc(F)cc1)C(=O)c1ccccc1C2=O. The number of halogens is 1. The summed E-state index contributed by atoms with van der Waals surface area (Å²) in [6.07, 6.45) is 0. The molecule has 0 bridgehead atoms. The summed E-state index contributed by atoms with van der Waals surface area (Å²) in [7, 11) is 0. The summed E-state index contributed by atoms with van der Waals surface area (Å²) in [5.41, 5.74) is 7.48. The number of benzene rings is 2. The van der Waals surface area contributed by atoms with Crippen LogP contribution in [-0.4, -0.2) is 11.6 Å². The lowest BCUT2D eigenvalue weighted by atomic mass is 9.85. The van der Waals surface area contributed by atoms with Crippen LogP contribution in [0.15, 0.2) is 52.9 Å². The molecule has 112 valence electrons. The monoisotopic (exact) mass is 307 g/mol. The van der Waals surface area contributed by atoms with Crippen LogP contribution in [0.1, 0.15) is 32.0 Å². The maximum absolute atomic E-state index is 13.1. The van der Waals surface area contributed by atoms with Gasteiger partial charge in [0.25, 0.3) is 0 Å². The van der Waals surface area contributed by atoms with Gasteiger partial charge in [0.2, 0.25) is 5.78 Å². The molecule has 0 radical (unpaired) electrons. The fraction of sp³-hybridized carbons (Fsp3) is 0. The van der Waals surface area contributed by atoms with Crippen LogP contribution in [0, 0.1) is 5.82 Å². The third-order valence-corrected chi connectivity index (χ3v) is 3.92. The molecule has 5 heteroatoms. The molecular weight excluding hydrogens is 297 g/mol. The predicted octanol–water partition coefficient (Wildman–Crippen LogP) is 3.44. The lowest BCUT2D eigenvalue weighted by Gasteiger charge is -2.13. The number of nitrogen functional groups attached to an aromatic ring is 1. The lowest BCUT2D eigenvalue weighted by molar-refractivity contribution is 0.0961. The predicted molar refractivity (Wildman–Crippen MR) is 81.8 cm³/mol. The standard InChI is InChI=1S/C18H10FNO3/c19-10-7-5-9(6-8-10)13-14-15(21)11-3-1-2-4-12(11)16(22)17(14)23-18(13)20/h1-8H,20H2. The van der Waals surface area contributed by atoms with E-state index in [1.165, 1.54) is 24.3 Å². The van der Waals surface area contributed by atoms with Crippen molar-refractivity contribution in [1.29, 1.82) is 0 Å². The van der Waals surface area contributed by atoms with E-state index in [0.29, 0.717) is 22.3 Å². The zero-order chi connectivity index (χ0) is 16.1. The van der Waals surface area contributed by atoms with Crippen molar-refractivity contribution >= 4 is 17.5 Å². The first kappa shape index (κ1) is 13.5. The molecule has 0 atom stereocenters. The Kier molecular flexibility index (Phi) is 2.72. The van der Waals surface area contributed by atoms with Crippen LogP contribution in [0.2, 0.25) is 0 Å². The molecule has 1 aliphatic rings. The molecule has 0 spiro atoms. The molecule has 3 aromatic rings. The number of ketones is 2. The first-order valence-corrected chi connectivity index (χ1v) is 6.94. The molecule has 4 rings (SSSR count). The summed E-state index contributed by atoms with van der Waals surface area (Å²) >= 11 is 0. The summed E-state index contributed by atoms with van der Waals surface area (Å²) in [5.74, 6) is -1.20. The average molecular weight is 307 g/mol. The second-order valence-electron chi connectivity index (χ2n) is 5.26. The molecule has 1 heterocycles. The minimum atomic E-state index is -0.405. The van der Waals surface area contributed by atoms with Crippen molar-refractivity contribution in [3.05, 3.63) is 76.8 Å². The molecular formula is C18H10FNO3. The Morgan fingerprint density at radius 3 is 2.09 bits per heavy atom. The van der Waals surface area contributed by atoms with Crippen molar-refractivity contribution in [3.8, 4) is 11.1 Å². The number of carbonyl (C=O) groups is 2. The van der Waals surface area contributed by atoms with Gasteiger partial charge in [0.1, 0.15) is 5.82 Å². The van der Waals surface area contributed by atoms with E-state index >= 15 is 0 Å². The van der Waals surface area contributed by atoms with Crippen LogP contribution in [-0.2, 0) is 0 Å². The fourth-order valence-electron chi connectivity index (χ4n) is 2.86. The van der Waals surface area contributed by atoms with E-state index < -0.39 is 5.82 Å². The molecule has 0 saturated heterocycles. The molecule has 0 saturated carbocycles. The summed E-state index contributed by atoms with van der Waals surface area (Å²) < 4.78 is 18.5. The quantitative estimate of drug-likeness (QED) is 0.584. The minimum Gasteiger partial charge on any atom is -0.436 e. The molecule has 1 aliphatic carbocycles. The zero-order valence-electron chi connectivity index (χ0n) is 11.8. The number of fused-ring (bicyclic) bond motifs is 2. The first-order chi connectivity index (χ1) is 11.1. The molecule has 0 aliphatic heterocycles. The van der Waals surface area contributed by atoms with Crippen LogP contribution in [0.5, 0.6) is 0 Å². The lowest BCUT2D eigenvalue weighted by Crippen LogP contribution is -2.19. The smallest absolute Gasteiger partial charge is 0.229 e. The second kappa shape index (κ2) is 4.64. The molecule has 4 nitrogen and oxygen atoms in total. The molecule has 0 fully saturated rings. The Morgan fingerprint density at radius 2 is 1.43 bits per heavy atom. The van der Waals surface area contributed by atoms with Gasteiger partial charge in [-0.1, -0.05) is 36.4 Å². The zero-order valence-corrected chi connectivity index (χ0v) is 11.8. The van der Waals surface area contributed by atoms with Crippen molar-refractivity contribution in [2.75, 3.05) is 5.73 Å². The number of rotatable bonds is 1. The fourth-order valence-corrected chi connectivity index (χ4v) is 2.86. The van der Waals surface area contributed by atoms with Crippen molar-refractivity contribution in [1.82, 2.24) is 0 Å².